The van der Waals surface area contributed by atoms with Crippen LogP contribution < -0.4 is 0 Å². The molecule has 0 radical (unpaired) electrons. The Morgan fingerprint density at radius 2 is 1.62 bits per heavy atom. The Labute approximate surface area is 253 Å². The third kappa shape index (κ3) is 4.87. The standard InChI is InChI=1S/C33H37BrN4O4/c1-8-19-14(3)22-13-27-29(18(7)34)16(5)24(36-27)11-23-15(4)20(9-2)31(37-23)21(10-28(39)40)32-30(33(41)42)17(6)25(38-32)12-26(19)35-22/h11-13,15,18,20,35-36H,8-10H2,1-7H3,(H,39,40)(H,41,42)/t15-,18?,20-/m0/s1. The van der Waals surface area contributed by atoms with Crippen molar-refractivity contribution in [1.82, 2.24) is 19.9 Å². The lowest BCUT2D eigenvalue weighted by Gasteiger charge is -2.16. The molecule has 0 saturated heterocycles. The van der Waals surface area contributed by atoms with Gasteiger partial charge in [-0.3, -0.25) is 9.78 Å². The Morgan fingerprint density at radius 3 is 2.21 bits per heavy atom. The van der Waals surface area contributed by atoms with Gasteiger partial charge in [0.2, 0.25) is 0 Å². The highest BCUT2D eigenvalue weighted by Crippen LogP contribution is 2.43. The molecule has 42 heavy (non-hydrogen) atoms. The Bertz CT molecular complexity index is 1830. The summed E-state index contributed by atoms with van der Waals surface area (Å²) in [6, 6.07) is 6.08. The van der Waals surface area contributed by atoms with E-state index in [1.165, 1.54) is 0 Å². The van der Waals surface area contributed by atoms with Crippen molar-refractivity contribution in [2.45, 2.75) is 84.4 Å². The van der Waals surface area contributed by atoms with Crippen molar-refractivity contribution >= 4 is 61.1 Å². The van der Waals surface area contributed by atoms with Gasteiger partial charge in [-0.15, -0.1) is 0 Å². The number of aromatic amines is 2. The molecule has 5 heterocycles. The van der Waals surface area contributed by atoms with Gasteiger partial charge in [-0.2, -0.15) is 0 Å². The summed E-state index contributed by atoms with van der Waals surface area (Å²) in [5.41, 5.74) is 11.3. The molecular weight excluding hydrogens is 596 g/mol. The number of aromatic nitrogens is 4. The summed E-state index contributed by atoms with van der Waals surface area (Å²) in [7, 11) is 0. The summed E-state index contributed by atoms with van der Waals surface area (Å²) in [5, 5.41) is 20.3. The lowest BCUT2D eigenvalue weighted by molar-refractivity contribution is -0.136. The van der Waals surface area contributed by atoms with E-state index in [2.05, 4.69) is 79.6 Å². The Hall–Kier alpha value is -3.72. The topological polar surface area (TPSA) is 132 Å². The zero-order chi connectivity index (χ0) is 30.6. The van der Waals surface area contributed by atoms with Crippen molar-refractivity contribution in [3.63, 3.8) is 0 Å². The second kappa shape index (κ2) is 11.2. The Balaban J connectivity index is 2.07. The van der Waals surface area contributed by atoms with Gasteiger partial charge in [0, 0.05) is 50.0 Å². The van der Waals surface area contributed by atoms with E-state index in [-0.39, 0.29) is 34.4 Å². The van der Waals surface area contributed by atoms with Crippen molar-refractivity contribution in [3.05, 3.63) is 68.8 Å². The number of fused-ring (bicyclic) bond motifs is 8. The largest absolute Gasteiger partial charge is 0.481 e. The predicted molar refractivity (Wildman–Crippen MR) is 170 cm³/mol. The number of hydrogen-bond acceptors (Lipinski definition) is 4. The third-order valence-corrected chi connectivity index (χ3v) is 9.37. The predicted octanol–water partition coefficient (Wildman–Crippen LogP) is 7.89. The zero-order valence-electron chi connectivity index (χ0n) is 25.1. The number of allylic oxidation sites excluding steroid dienone is 1. The van der Waals surface area contributed by atoms with Crippen LogP contribution in [-0.4, -0.2) is 42.1 Å². The second-order valence-corrected chi connectivity index (χ2v) is 12.7. The number of hydrogen-bond donors (Lipinski definition) is 4. The number of nitrogens with zero attached hydrogens (tertiary/aromatic N) is 2. The van der Waals surface area contributed by atoms with E-state index < -0.39 is 11.9 Å². The van der Waals surface area contributed by atoms with Crippen molar-refractivity contribution in [2.24, 2.45) is 0 Å². The Morgan fingerprint density at radius 1 is 0.952 bits per heavy atom. The SMILES string of the molecule is CCc1c(C)c2cc3[nH]c(cc4nc(c(CC(=O)O)c5nc(cc1[nH]2)C(C)=C5C(=O)O)[C@@H](CC)[C@@H]4C)c(C)c3C(C)Br. The summed E-state index contributed by atoms with van der Waals surface area (Å²) in [6.07, 6.45) is 1.12. The van der Waals surface area contributed by atoms with Gasteiger partial charge in [0.15, 0.2) is 0 Å². The summed E-state index contributed by atoms with van der Waals surface area (Å²) >= 11 is 3.80. The van der Waals surface area contributed by atoms with Gasteiger partial charge in [0.05, 0.1) is 29.1 Å². The van der Waals surface area contributed by atoms with E-state index in [9.17, 15) is 19.8 Å². The minimum Gasteiger partial charge on any atom is -0.481 e. The van der Waals surface area contributed by atoms with Crippen molar-refractivity contribution in [1.29, 1.82) is 0 Å². The van der Waals surface area contributed by atoms with Crippen LogP contribution in [-0.2, 0) is 22.4 Å². The lowest BCUT2D eigenvalue weighted by atomic mass is 9.86. The molecule has 0 aliphatic carbocycles. The normalized spacial score (nSPS) is 17.5. The number of rotatable bonds is 6. The molecule has 5 rings (SSSR count). The van der Waals surface area contributed by atoms with Crippen LogP contribution in [0, 0.1) is 13.8 Å². The number of alkyl halides is 1. The quantitative estimate of drug-likeness (QED) is 0.204. The highest BCUT2D eigenvalue weighted by Gasteiger charge is 2.34. The van der Waals surface area contributed by atoms with Gasteiger partial charge in [0.1, 0.15) is 0 Å². The molecule has 0 aromatic carbocycles. The number of carboxylic acids is 2. The monoisotopic (exact) mass is 632 g/mol. The van der Waals surface area contributed by atoms with Crippen molar-refractivity contribution in [2.75, 3.05) is 0 Å². The zero-order valence-corrected chi connectivity index (χ0v) is 26.7. The number of nitrogens with one attached hydrogen (secondary N) is 2. The average molecular weight is 634 g/mol. The van der Waals surface area contributed by atoms with Crippen LogP contribution in [0.15, 0.2) is 18.2 Å². The van der Waals surface area contributed by atoms with Crippen LogP contribution in [0.2, 0.25) is 0 Å². The third-order valence-electron chi connectivity index (χ3n) is 8.91. The average Bonchev–Trinajstić information content (AvgIpc) is 3.60. The molecule has 3 atom stereocenters. The van der Waals surface area contributed by atoms with Gasteiger partial charge in [0.25, 0.3) is 0 Å². The minimum absolute atomic E-state index is 0.000257. The first kappa shape index (κ1) is 29.8. The molecule has 4 N–H and O–H groups in total. The fraction of sp³-hybridized carbons (Fsp3) is 0.394. The van der Waals surface area contributed by atoms with E-state index in [1.54, 1.807) is 6.92 Å². The van der Waals surface area contributed by atoms with Gasteiger partial charge < -0.3 is 20.2 Å². The maximum Gasteiger partial charge on any atom is 0.338 e. The van der Waals surface area contributed by atoms with E-state index >= 15 is 0 Å². The molecule has 3 aromatic heterocycles. The second-order valence-electron chi connectivity index (χ2n) is 11.4. The molecule has 2 aliphatic heterocycles. The highest BCUT2D eigenvalue weighted by atomic mass is 79.9. The van der Waals surface area contributed by atoms with E-state index in [4.69, 9.17) is 9.97 Å². The van der Waals surface area contributed by atoms with Crippen molar-refractivity contribution in [3.8, 4) is 0 Å². The molecule has 1 unspecified atom stereocenters. The molecule has 0 amide bonds. The minimum atomic E-state index is -1.14. The fourth-order valence-corrected chi connectivity index (χ4v) is 7.25. The molecule has 220 valence electrons. The highest BCUT2D eigenvalue weighted by molar-refractivity contribution is 9.09. The summed E-state index contributed by atoms with van der Waals surface area (Å²) in [6.45, 7) is 14.3. The van der Waals surface area contributed by atoms with Gasteiger partial charge in [-0.25, -0.2) is 9.78 Å². The Kier molecular flexibility index (Phi) is 7.91. The molecule has 2 aliphatic rings. The lowest BCUT2D eigenvalue weighted by Crippen LogP contribution is -2.12. The number of aliphatic carboxylic acids is 2. The molecule has 9 heteroatoms. The van der Waals surface area contributed by atoms with Crippen LogP contribution >= 0.6 is 15.9 Å². The number of aryl methyl sites for hydroxylation is 3. The van der Waals surface area contributed by atoms with Crippen LogP contribution in [0.3, 0.4) is 0 Å². The van der Waals surface area contributed by atoms with Crippen LogP contribution in [0.4, 0.5) is 0 Å². The number of H-pyrrole nitrogens is 2. The van der Waals surface area contributed by atoms with Gasteiger partial charge in [-0.05, 0) is 86.6 Å². The van der Waals surface area contributed by atoms with Crippen LogP contribution in [0.1, 0.15) is 108 Å². The first-order valence-corrected chi connectivity index (χ1v) is 15.4. The van der Waals surface area contributed by atoms with Gasteiger partial charge in [-0.1, -0.05) is 36.7 Å². The van der Waals surface area contributed by atoms with E-state index in [1.807, 2.05) is 6.07 Å². The fourth-order valence-electron chi connectivity index (χ4n) is 6.66. The number of carbonyl (C=O) groups is 2. The first-order chi connectivity index (χ1) is 19.9. The van der Waals surface area contributed by atoms with Gasteiger partial charge >= 0.3 is 11.9 Å². The molecular formula is C33H37BrN4O4. The summed E-state index contributed by atoms with van der Waals surface area (Å²) in [5.74, 6) is -2.27. The van der Waals surface area contributed by atoms with Crippen molar-refractivity contribution < 1.29 is 19.8 Å². The smallest absolute Gasteiger partial charge is 0.338 e. The molecule has 3 aromatic rings. The molecule has 0 saturated carbocycles. The molecule has 0 spiro atoms. The molecule has 0 fully saturated rings. The maximum atomic E-state index is 12.6. The first-order valence-electron chi connectivity index (χ1n) is 14.4. The number of halogens is 1. The van der Waals surface area contributed by atoms with Crippen LogP contribution in [0.5, 0.6) is 0 Å². The summed E-state index contributed by atoms with van der Waals surface area (Å²) < 4.78 is 0. The maximum absolute atomic E-state index is 12.6. The number of carboxylic acid groups (broad SMARTS) is 2. The summed E-state index contributed by atoms with van der Waals surface area (Å²) in [4.78, 5) is 42.0. The van der Waals surface area contributed by atoms with E-state index in [0.717, 1.165) is 62.9 Å². The molecule has 8 nitrogen and oxygen atoms in total. The molecule has 8 bridgehead atoms. The van der Waals surface area contributed by atoms with E-state index in [0.29, 0.717) is 22.5 Å². The van der Waals surface area contributed by atoms with Crippen LogP contribution in [0.25, 0.3) is 33.2 Å².